The van der Waals surface area contributed by atoms with Crippen molar-refractivity contribution < 1.29 is 22.7 Å². The van der Waals surface area contributed by atoms with Gasteiger partial charge >= 0.3 is 5.97 Å². The molecule has 8 nitrogen and oxygen atoms in total. The van der Waals surface area contributed by atoms with Crippen molar-refractivity contribution in [3.8, 4) is 0 Å². The number of thiazole rings is 1. The summed E-state index contributed by atoms with van der Waals surface area (Å²) in [5.74, 6) is -1.29. The molecule has 3 heterocycles. The molecular weight excluding hydrogens is 518 g/mol. The summed E-state index contributed by atoms with van der Waals surface area (Å²) in [4.78, 5) is 30.4. The molecule has 1 aromatic carbocycles. The third-order valence-corrected chi connectivity index (χ3v) is 10.5. The van der Waals surface area contributed by atoms with Crippen molar-refractivity contribution in [3.63, 3.8) is 0 Å². The van der Waals surface area contributed by atoms with Crippen LogP contribution in [0.4, 0.5) is 0 Å². The molecule has 1 saturated heterocycles. The van der Waals surface area contributed by atoms with Gasteiger partial charge in [0.15, 0.2) is 4.80 Å². The summed E-state index contributed by atoms with van der Waals surface area (Å²) < 4.78 is 35.4. The third kappa shape index (κ3) is 5.96. The first-order valence-electron chi connectivity index (χ1n) is 12.2. The molecule has 0 spiro atoms. The maximum absolute atomic E-state index is 13.3. The van der Waals surface area contributed by atoms with E-state index in [0.29, 0.717) is 24.2 Å². The number of aromatic nitrogens is 1. The second-order valence-electron chi connectivity index (χ2n) is 8.77. The van der Waals surface area contributed by atoms with Crippen molar-refractivity contribution in [1.29, 1.82) is 0 Å². The molecule has 36 heavy (non-hydrogen) atoms. The van der Waals surface area contributed by atoms with Crippen molar-refractivity contribution in [1.82, 2.24) is 8.87 Å². The van der Waals surface area contributed by atoms with Gasteiger partial charge < -0.3 is 9.30 Å². The molecule has 1 unspecified atom stereocenters. The van der Waals surface area contributed by atoms with Crippen LogP contribution in [0.25, 0.3) is 10.2 Å². The van der Waals surface area contributed by atoms with E-state index in [2.05, 4.69) is 18.0 Å². The van der Waals surface area contributed by atoms with Crippen LogP contribution in [0.2, 0.25) is 0 Å². The summed E-state index contributed by atoms with van der Waals surface area (Å²) in [6.45, 7) is 4.62. The zero-order valence-electron chi connectivity index (χ0n) is 20.5. The smallest absolute Gasteiger partial charge is 0.326 e. The first kappa shape index (κ1) is 26.7. The van der Waals surface area contributed by atoms with Crippen molar-refractivity contribution >= 4 is 54.8 Å². The van der Waals surface area contributed by atoms with Crippen LogP contribution in [0.15, 0.2) is 44.9 Å². The highest BCUT2D eigenvalue weighted by Gasteiger charge is 2.34. The van der Waals surface area contributed by atoms with E-state index in [1.807, 2.05) is 12.1 Å². The van der Waals surface area contributed by atoms with Crippen molar-refractivity contribution in [3.05, 3.63) is 46.1 Å². The van der Waals surface area contributed by atoms with Gasteiger partial charge in [0.1, 0.15) is 10.8 Å². The number of unbranched alkanes of at least 4 members (excludes halogenated alkanes) is 1. The highest BCUT2D eigenvalue weighted by Crippen LogP contribution is 2.27. The van der Waals surface area contributed by atoms with Crippen molar-refractivity contribution in [2.75, 3.05) is 19.7 Å². The monoisotopic (exact) mass is 549 g/mol. The number of amides is 1. The Morgan fingerprint density at radius 1 is 1.22 bits per heavy atom. The Morgan fingerprint density at radius 3 is 2.78 bits per heavy atom. The van der Waals surface area contributed by atoms with E-state index in [4.69, 9.17) is 4.74 Å². The molecule has 0 bridgehead atoms. The van der Waals surface area contributed by atoms with Gasteiger partial charge in [-0.05, 0) is 61.7 Å². The number of ether oxygens (including phenoxy) is 1. The van der Waals surface area contributed by atoms with E-state index in [-0.39, 0.29) is 29.8 Å². The number of carbonyl (C=O) groups is 2. The number of piperidine rings is 1. The Labute approximate surface area is 219 Å². The Hall–Kier alpha value is -2.34. The van der Waals surface area contributed by atoms with E-state index >= 15 is 0 Å². The predicted octanol–water partition coefficient (Wildman–Crippen LogP) is 4.20. The number of benzene rings is 1. The zero-order chi connectivity index (χ0) is 25.7. The number of esters is 1. The van der Waals surface area contributed by atoms with E-state index in [9.17, 15) is 18.0 Å². The van der Waals surface area contributed by atoms with Crippen LogP contribution in [-0.2, 0) is 37.3 Å². The number of fused-ring (bicyclic) bond motifs is 1. The van der Waals surface area contributed by atoms with Gasteiger partial charge in [-0.1, -0.05) is 36.8 Å². The molecule has 2 aromatic heterocycles. The minimum absolute atomic E-state index is 0.0438. The third-order valence-electron chi connectivity index (χ3n) is 6.19. The molecule has 1 aliphatic rings. The first-order chi connectivity index (χ1) is 17.3. The SMILES string of the molecule is CCCCc1ccc2c(c1)sc(=NC(=O)C1CCCN(S(=O)(=O)c3cccs3)C1)n2CC(=O)OCC. The molecule has 0 saturated carbocycles. The quantitative estimate of drug-likeness (QED) is 0.373. The molecule has 1 fully saturated rings. The van der Waals surface area contributed by atoms with Crippen LogP contribution in [-0.4, -0.2) is 48.9 Å². The van der Waals surface area contributed by atoms with E-state index in [1.54, 1.807) is 29.0 Å². The molecule has 0 radical (unpaired) electrons. The molecule has 1 aliphatic heterocycles. The molecule has 11 heteroatoms. The molecule has 1 atom stereocenters. The normalized spacial score (nSPS) is 17.5. The largest absolute Gasteiger partial charge is 0.465 e. The summed E-state index contributed by atoms with van der Waals surface area (Å²) >= 11 is 2.54. The van der Waals surface area contributed by atoms with E-state index in [0.717, 1.165) is 29.5 Å². The number of rotatable bonds is 9. The van der Waals surface area contributed by atoms with Gasteiger partial charge in [0, 0.05) is 13.1 Å². The van der Waals surface area contributed by atoms with Gasteiger partial charge in [-0.3, -0.25) is 9.59 Å². The molecule has 4 rings (SSSR count). The Morgan fingerprint density at radius 2 is 2.06 bits per heavy atom. The average Bonchev–Trinajstić information content (AvgIpc) is 3.52. The molecular formula is C25H31N3O5S3. The number of nitrogens with zero attached hydrogens (tertiary/aromatic N) is 3. The van der Waals surface area contributed by atoms with Crippen LogP contribution in [0.3, 0.4) is 0 Å². The Balaban J connectivity index is 1.65. The number of hydrogen-bond donors (Lipinski definition) is 0. The minimum Gasteiger partial charge on any atom is -0.465 e. The van der Waals surface area contributed by atoms with Crippen LogP contribution in [0, 0.1) is 5.92 Å². The maximum atomic E-state index is 13.3. The summed E-state index contributed by atoms with van der Waals surface area (Å²) in [5, 5.41) is 1.73. The second-order valence-corrected chi connectivity index (χ2v) is 12.9. The second kappa shape index (κ2) is 11.8. The first-order valence-corrected chi connectivity index (χ1v) is 15.4. The number of carbonyl (C=O) groups excluding carboxylic acids is 2. The molecule has 1 amide bonds. The van der Waals surface area contributed by atoms with Gasteiger partial charge in [-0.2, -0.15) is 9.30 Å². The number of sulfonamides is 1. The average molecular weight is 550 g/mol. The highest BCUT2D eigenvalue weighted by atomic mass is 32.2. The Kier molecular flexibility index (Phi) is 8.76. The van der Waals surface area contributed by atoms with Gasteiger partial charge in [0.05, 0.1) is 22.7 Å². The number of thiophene rings is 1. The van der Waals surface area contributed by atoms with Crippen LogP contribution < -0.4 is 4.80 Å². The lowest BCUT2D eigenvalue weighted by molar-refractivity contribution is -0.143. The summed E-state index contributed by atoms with van der Waals surface area (Å²) in [6, 6.07) is 9.40. The number of hydrogen-bond acceptors (Lipinski definition) is 7. The summed E-state index contributed by atoms with van der Waals surface area (Å²) in [6.07, 6.45) is 4.31. The fourth-order valence-corrected chi connectivity index (χ4v) is 8.08. The van der Waals surface area contributed by atoms with Crippen LogP contribution in [0.5, 0.6) is 0 Å². The van der Waals surface area contributed by atoms with E-state index in [1.165, 1.54) is 32.5 Å². The van der Waals surface area contributed by atoms with Gasteiger partial charge in [-0.15, -0.1) is 11.3 Å². The van der Waals surface area contributed by atoms with Gasteiger partial charge in [0.2, 0.25) is 0 Å². The zero-order valence-corrected chi connectivity index (χ0v) is 23.0. The maximum Gasteiger partial charge on any atom is 0.326 e. The molecule has 0 N–H and O–H groups in total. The number of aryl methyl sites for hydroxylation is 1. The Bertz CT molecular complexity index is 1390. The van der Waals surface area contributed by atoms with Crippen molar-refractivity contribution in [2.45, 2.75) is 56.7 Å². The standard InChI is InChI=1S/C25H31N3O5S3/c1-3-5-8-18-11-12-20-21(15-18)35-25(28(20)17-22(29)33-4-2)26-24(30)19-9-6-13-27(16-19)36(31,32)23-10-7-14-34-23/h7,10-12,14-15,19H,3-6,8-9,13,16-17H2,1-2H3. The molecule has 194 valence electrons. The van der Waals surface area contributed by atoms with Crippen molar-refractivity contribution in [2.24, 2.45) is 10.9 Å². The van der Waals surface area contributed by atoms with Crippen LogP contribution >= 0.6 is 22.7 Å². The molecule has 3 aromatic rings. The van der Waals surface area contributed by atoms with Crippen LogP contribution in [0.1, 0.15) is 45.1 Å². The molecule has 0 aliphatic carbocycles. The fraction of sp³-hybridized carbons (Fsp3) is 0.480. The lowest BCUT2D eigenvalue weighted by Crippen LogP contribution is -2.42. The summed E-state index contributed by atoms with van der Waals surface area (Å²) in [7, 11) is -3.63. The highest BCUT2D eigenvalue weighted by molar-refractivity contribution is 7.91. The van der Waals surface area contributed by atoms with Gasteiger partial charge in [0.25, 0.3) is 15.9 Å². The predicted molar refractivity (Wildman–Crippen MR) is 141 cm³/mol. The van der Waals surface area contributed by atoms with Gasteiger partial charge in [-0.25, -0.2) is 8.42 Å². The minimum atomic E-state index is -3.63. The summed E-state index contributed by atoms with van der Waals surface area (Å²) in [5.41, 5.74) is 2.03. The lowest BCUT2D eigenvalue weighted by Gasteiger charge is -2.29. The topological polar surface area (TPSA) is 98.0 Å². The lowest BCUT2D eigenvalue weighted by atomic mass is 9.99. The van der Waals surface area contributed by atoms with E-state index < -0.39 is 21.9 Å². The fourth-order valence-electron chi connectivity index (χ4n) is 4.31.